The molecule has 1 atom stereocenters. The second kappa shape index (κ2) is 14.8. The van der Waals surface area contributed by atoms with Gasteiger partial charge in [-0.1, -0.05) is 34.1 Å². The summed E-state index contributed by atoms with van der Waals surface area (Å²) in [5, 5.41) is 7.33. The summed E-state index contributed by atoms with van der Waals surface area (Å²) in [5.74, 6) is 2.59. The zero-order chi connectivity index (χ0) is 27.0. The van der Waals surface area contributed by atoms with Crippen LogP contribution in [0.25, 0.3) is 0 Å². The van der Waals surface area contributed by atoms with Gasteiger partial charge in [0.25, 0.3) is 0 Å². The summed E-state index contributed by atoms with van der Waals surface area (Å²) in [5.41, 5.74) is 1.08. The number of rotatable bonds is 8. The lowest BCUT2D eigenvalue weighted by Gasteiger charge is -2.36. The molecule has 38 heavy (non-hydrogen) atoms. The van der Waals surface area contributed by atoms with Crippen LogP contribution in [0.3, 0.4) is 0 Å². The van der Waals surface area contributed by atoms with E-state index >= 15 is 0 Å². The number of hydrogen-bond donors (Lipinski definition) is 1. The van der Waals surface area contributed by atoms with Crippen molar-refractivity contribution in [3.05, 3.63) is 35.0 Å². The molecule has 0 aromatic carbocycles. The van der Waals surface area contributed by atoms with Crippen LogP contribution in [0.4, 0.5) is 5.82 Å². The number of halogens is 1. The van der Waals surface area contributed by atoms with Crippen LogP contribution >= 0.6 is 24.6 Å². The summed E-state index contributed by atoms with van der Waals surface area (Å²) in [6.45, 7) is 13.5. The van der Waals surface area contributed by atoms with E-state index in [4.69, 9.17) is 9.97 Å². The minimum atomic E-state index is -1.12. The van der Waals surface area contributed by atoms with Crippen molar-refractivity contribution < 1.29 is 4.21 Å². The number of H-pyrrole nitrogens is 1. The van der Waals surface area contributed by atoms with E-state index in [2.05, 4.69) is 75.9 Å². The van der Waals surface area contributed by atoms with Crippen molar-refractivity contribution in [1.29, 1.82) is 0 Å². The fourth-order valence-electron chi connectivity index (χ4n) is 3.85. The van der Waals surface area contributed by atoms with E-state index in [-0.39, 0.29) is 17.8 Å². The van der Waals surface area contributed by atoms with Crippen LogP contribution < -0.4 is 4.90 Å². The van der Waals surface area contributed by atoms with Gasteiger partial charge in [0.2, 0.25) is 9.93 Å². The maximum Gasteiger partial charge on any atom is 0.238 e. The molecule has 0 saturated carbocycles. The molecule has 0 aliphatic carbocycles. The SMILES string of the molecule is CCCc1cc(N2CCN(CCCS(=O)c3ncn(C)n3)CC2)nc(C(C)(C)C)n1.Cl.Cn1cnc(=S)[nH]1. The number of nitrogens with one attached hydrogen (secondary N) is 1. The Balaban J connectivity index is 0.000000549. The number of aromatic amines is 1. The molecule has 3 aromatic rings. The van der Waals surface area contributed by atoms with E-state index in [1.54, 1.807) is 29.1 Å². The third kappa shape index (κ3) is 9.83. The molecule has 212 valence electrons. The molecule has 1 aliphatic heterocycles. The van der Waals surface area contributed by atoms with Crippen LogP contribution in [0.2, 0.25) is 0 Å². The second-order valence-corrected chi connectivity index (χ2v) is 12.1. The molecule has 0 amide bonds. The zero-order valence-electron chi connectivity index (χ0n) is 23.3. The first-order valence-electron chi connectivity index (χ1n) is 12.7. The van der Waals surface area contributed by atoms with Gasteiger partial charge in [0.1, 0.15) is 24.3 Å². The van der Waals surface area contributed by atoms with E-state index in [9.17, 15) is 4.21 Å². The van der Waals surface area contributed by atoms with Crippen LogP contribution in [-0.2, 0) is 36.7 Å². The lowest BCUT2D eigenvalue weighted by molar-refractivity contribution is 0.258. The van der Waals surface area contributed by atoms with Crippen molar-refractivity contribution in [3.63, 3.8) is 0 Å². The third-order valence-electron chi connectivity index (χ3n) is 5.85. The van der Waals surface area contributed by atoms with Crippen molar-refractivity contribution >= 4 is 41.2 Å². The molecule has 1 fully saturated rings. The Morgan fingerprint density at radius 1 is 1.08 bits per heavy atom. The van der Waals surface area contributed by atoms with Crippen LogP contribution in [-0.4, -0.2) is 87.1 Å². The molecular formula is C24H41ClN10OS2. The van der Waals surface area contributed by atoms with Gasteiger partial charge in [-0.25, -0.2) is 19.9 Å². The van der Waals surface area contributed by atoms with Gasteiger partial charge < -0.3 is 4.90 Å². The van der Waals surface area contributed by atoms with Crippen LogP contribution in [0.1, 0.15) is 52.1 Å². The first-order chi connectivity index (χ1) is 17.5. The van der Waals surface area contributed by atoms with Crippen molar-refractivity contribution in [2.45, 2.75) is 57.5 Å². The average molecular weight is 585 g/mol. The predicted molar refractivity (Wildman–Crippen MR) is 156 cm³/mol. The minimum absolute atomic E-state index is 0. The van der Waals surface area contributed by atoms with Crippen molar-refractivity contribution in [1.82, 2.24) is 44.4 Å². The van der Waals surface area contributed by atoms with E-state index in [1.165, 1.54) is 0 Å². The van der Waals surface area contributed by atoms with Gasteiger partial charge in [-0.15, -0.1) is 17.5 Å². The number of nitrogens with zero attached hydrogens (tertiary/aromatic N) is 9. The minimum Gasteiger partial charge on any atom is -0.354 e. The van der Waals surface area contributed by atoms with Gasteiger partial charge in [0.15, 0.2) is 0 Å². The largest absolute Gasteiger partial charge is 0.354 e. The number of aryl methyl sites for hydroxylation is 3. The second-order valence-electron chi connectivity index (χ2n) is 10.2. The van der Waals surface area contributed by atoms with Gasteiger partial charge in [-0.05, 0) is 31.6 Å². The van der Waals surface area contributed by atoms with Crippen LogP contribution in [0.5, 0.6) is 0 Å². The smallest absolute Gasteiger partial charge is 0.238 e. The molecule has 4 rings (SSSR count). The zero-order valence-corrected chi connectivity index (χ0v) is 25.7. The quantitative estimate of drug-likeness (QED) is 0.399. The maximum absolute atomic E-state index is 12.3. The van der Waals surface area contributed by atoms with E-state index in [0.717, 1.165) is 69.3 Å². The van der Waals surface area contributed by atoms with Gasteiger partial charge in [0.05, 0.1) is 10.8 Å². The highest BCUT2D eigenvalue weighted by molar-refractivity contribution is 7.84. The third-order valence-corrected chi connectivity index (χ3v) is 7.30. The summed E-state index contributed by atoms with van der Waals surface area (Å²) in [4.78, 5) is 22.3. The predicted octanol–water partition coefficient (Wildman–Crippen LogP) is 3.07. The molecule has 0 bridgehead atoms. The molecule has 1 saturated heterocycles. The molecule has 1 unspecified atom stereocenters. The number of hydrogen-bond acceptors (Lipinski definition) is 9. The number of aromatic nitrogens is 8. The van der Waals surface area contributed by atoms with Crippen molar-refractivity contribution in [2.75, 3.05) is 43.4 Å². The highest BCUT2D eigenvalue weighted by atomic mass is 35.5. The van der Waals surface area contributed by atoms with E-state index in [0.29, 0.717) is 15.7 Å². The summed E-state index contributed by atoms with van der Waals surface area (Å²) in [6, 6.07) is 2.16. The average Bonchev–Trinajstić information content (AvgIpc) is 3.46. The Labute approximate surface area is 239 Å². The lowest BCUT2D eigenvalue weighted by Crippen LogP contribution is -2.47. The Hall–Kier alpha value is -2.22. The monoisotopic (exact) mass is 584 g/mol. The number of anilines is 1. The lowest BCUT2D eigenvalue weighted by atomic mass is 9.95. The molecule has 1 aliphatic rings. The normalized spacial score (nSPS) is 14.9. The summed E-state index contributed by atoms with van der Waals surface area (Å²) in [7, 11) is 2.51. The highest BCUT2D eigenvalue weighted by Crippen LogP contribution is 2.23. The molecule has 1 N–H and O–H groups in total. The summed E-state index contributed by atoms with van der Waals surface area (Å²) < 4.78 is 16.1. The molecule has 0 radical (unpaired) electrons. The molecule has 4 heterocycles. The fourth-order valence-corrected chi connectivity index (χ4v) is 5.00. The van der Waals surface area contributed by atoms with Gasteiger partial charge in [-0.2, -0.15) is 0 Å². The van der Waals surface area contributed by atoms with Crippen LogP contribution in [0.15, 0.2) is 23.9 Å². The standard InChI is InChI=1S/C21H35N7OS.C3H5N3S.ClH/c1-6-8-17-15-18(24-19(23-17)21(2,3)4)28-12-10-27(11-13-28)9-7-14-30(29)20-22-16-26(5)25-20;1-6-2-4-3(7)5-6;/h15-16H,6-14H2,1-5H3;2H,1H3,(H,5,7);1H. The molecule has 3 aromatic heterocycles. The Kier molecular flexibility index (Phi) is 12.5. The first kappa shape index (κ1) is 32.0. The first-order valence-corrected chi connectivity index (χ1v) is 14.4. The number of piperazine rings is 1. The molecule has 14 heteroatoms. The Morgan fingerprint density at radius 3 is 2.29 bits per heavy atom. The van der Waals surface area contributed by atoms with Gasteiger partial charge in [-0.3, -0.25) is 23.6 Å². The highest BCUT2D eigenvalue weighted by Gasteiger charge is 2.23. The fraction of sp³-hybridized carbons (Fsp3) is 0.667. The Bertz CT molecular complexity index is 1210. The van der Waals surface area contributed by atoms with Crippen LogP contribution in [0, 0.1) is 4.77 Å². The summed E-state index contributed by atoms with van der Waals surface area (Å²) in [6.07, 6.45) is 6.18. The van der Waals surface area contributed by atoms with E-state index in [1.807, 2.05) is 7.05 Å². The molecule has 0 spiro atoms. The molecular weight excluding hydrogens is 544 g/mol. The van der Waals surface area contributed by atoms with Crippen molar-refractivity contribution in [2.24, 2.45) is 14.1 Å². The Morgan fingerprint density at radius 2 is 1.79 bits per heavy atom. The van der Waals surface area contributed by atoms with Crippen molar-refractivity contribution in [3.8, 4) is 0 Å². The summed E-state index contributed by atoms with van der Waals surface area (Å²) >= 11 is 4.65. The maximum atomic E-state index is 12.3. The topological polar surface area (TPSA) is 114 Å². The van der Waals surface area contributed by atoms with Gasteiger partial charge >= 0.3 is 0 Å². The van der Waals surface area contributed by atoms with Gasteiger partial charge in [0, 0.05) is 63.2 Å². The molecule has 11 nitrogen and oxygen atoms in total. The van der Waals surface area contributed by atoms with E-state index < -0.39 is 10.8 Å².